The van der Waals surface area contributed by atoms with Gasteiger partial charge >= 0.3 is 0 Å². The molecule has 0 amide bonds. The van der Waals surface area contributed by atoms with Crippen LogP contribution in [0.15, 0.2) is 29.0 Å². The van der Waals surface area contributed by atoms with Crippen LogP contribution in [0.4, 0.5) is 5.69 Å². The van der Waals surface area contributed by atoms with E-state index < -0.39 is 0 Å². The minimum atomic E-state index is 0.598. The Balaban J connectivity index is 1.93. The highest BCUT2D eigenvalue weighted by Gasteiger charge is 2.25. The summed E-state index contributed by atoms with van der Waals surface area (Å²) in [5.74, 6) is 0.850. The van der Waals surface area contributed by atoms with Crippen molar-refractivity contribution >= 4 is 32.7 Å². The van der Waals surface area contributed by atoms with E-state index in [0.29, 0.717) is 6.04 Å². The van der Waals surface area contributed by atoms with E-state index in [9.17, 15) is 0 Å². The summed E-state index contributed by atoms with van der Waals surface area (Å²) in [6.45, 7) is 2.29. The molecule has 88 valence electrons. The highest BCUT2D eigenvalue weighted by atomic mass is 79.9. The van der Waals surface area contributed by atoms with Crippen molar-refractivity contribution in [3.8, 4) is 0 Å². The molecule has 0 atom stereocenters. The molecule has 1 saturated carbocycles. The summed E-state index contributed by atoms with van der Waals surface area (Å²) < 4.78 is 0.965. The monoisotopic (exact) mass is 291 g/mol. The number of anilines is 1. The molecule has 3 nitrogen and oxygen atoms in total. The molecule has 0 aliphatic heterocycles. The van der Waals surface area contributed by atoms with Gasteiger partial charge < -0.3 is 5.32 Å². The molecule has 2 heterocycles. The van der Waals surface area contributed by atoms with Gasteiger partial charge in [-0.2, -0.15) is 0 Å². The summed E-state index contributed by atoms with van der Waals surface area (Å²) in [7, 11) is 0. The number of rotatable bonds is 2. The summed E-state index contributed by atoms with van der Waals surface area (Å²) >= 11 is 3.42. The lowest BCUT2D eigenvalue weighted by atomic mass is 9.82. The summed E-state index contributed by atoms with van der Waals surface area (Å²) in [5.41, 5.74) is 2.98. The van der Waals surface area contributed by atoms with Gasteiger partial charge in [-0.3, -0.25) is 9.97 Å². The van der Waals surface area contributed by atoms with Crippen molar-refractivity contribution in [3.63, 3.8) is 0 Å². The molecule has 1 N–H and O–H groups in total. The van der Waals surface area contributed by atoms with E-state index in [0.717, 1.165) is 27.1 Å². The fraction of sp³-hybridized carbons (Fsp3) is 0.385. The number of nitrogens with one attached hydrogen (secondary N) is 1. The Labute approximate surface area is 109 Å². The minimum Gasteiger partial charge on any atom is -0.380 e. The smallest absolute Gasteiger partial charge is 0.112 e. The number of pyridine rings is 2. The number of hydrogen-bond donors (Lipinski definition) is 1. The predicted octanol–water partition coefficient (Wildman–Crippen LogP) is 3.60. The van der Waals surface area contributed by atoms with Crippen LogP contribution in [0, 0.1) is 5.92 Å². The molecule has 0 unspecified atom stereocenters. The molecule has 1 fully saturated rings. The Kier molecular flexibility index (Phi) is 2.74. The van der Waals surface area contributed by atoms with Gasteiger partial charge in [-0.1, -0.05) is 6.92 Å². The number of nitrogens with zero attached hydrogens (tertiary/aromatic N) is 2. The number of fused-ring (bicyclic) bond motifs is 1. The van der Waals surface area contributed by atoms with Gasteiger partial charge in [-0.25, -0.2) is 0 Å². The average Bonchev–Trinajstić information content (AvgIpc) is 2.27. The van der Waals surface area contributed by atoms with Crippen LogP contribution in [0.1, 0.15) is 19.8 Å². The normalized spacial score (nSPS) is 23.4. The Morgan fingerprint density at radius 2 is 2.18 bits per heavy atom. The second-order valence-corrected chi connectivity index (χ2v) is 5.71. The zero-order chi connectivity index (χ0) is 11.8. The van der Waals surface area contributed by atoms with E-state index in [1.165, 1.54) is 12.8 Å². The number of halogens is 1. The van der Waals surface area contributed by atoms with Crippen LogP contribution >= 0.6 is 15.9 Å². The first-order chi connectivity index (χ1) is 8.22. The molecular formula is C13H14BrN3. The van der Waals surface area contributed by atoms with Crippen molar-refractivity contribution in [2.24, 2.45) is 5.92 Å². The van der Waals surface area contributed by atoms with Crippen molar-refractivity contribution in [2.75, 3.05) is 5.32 Å². The maximum Gasteiger partial charge on any atom is 0.112 e. The van der Waals surface area contributed by atoms with E-state index in [1.807, 2.05) is 24.5 Å². The molecule has 4 heteroatoms. The van der Waals surface area contributed by atoms with Gasteiger partial charge in [0, 0.05) is 22.9 Å². The quantitative estimate of drug-likeness (QED) is 0.919. The van der Waals surface area contributed by atoms with E-state index >= 15 is 0 Å². The fourth-order valence-electron chi connectivity index (χ4n) is 2.36. The van der Waals surface area contributed by atoms with Crippen molar-refractivity contribution in [1.82, 2.24) is 9.97 Å². The molecule has 0 saturated heterocycles. The zero-order valence-electron chi connectivity index (χ0n) is 9.65. The second-order valence-electron chi connectivity index (χ2n) is 4.80. The molecule has 0 radical (unpaired) electrons. The molecule has 2 aromatic heterocycles. The largest absolute Gasteiger partial charge is 0.380 e. The van der Waals surface area contributed by atoms with Crippen LogP contribution < -0.4 is 5.32 Å². The van der Waals surface area contributed by atoms with Crippen molar-refractivity contribution < 1.29 is 0 Å². The molecule has 3 rings (SSSR count). The van der Waals surface area contributed by atoms with Crippen LogP contribution in [0.2, 0.25) is 0 Å². The van der Waals surface area contributed by atoms with Gasteiger partial charge in [0.05, 0.1) is 11.2 Å². The summed E-state index contributed by atoms with van der Waals surface area (Å²) in [5, 5.41) is 3.55. The van der Waals surface area contributed by atoms with Crippen molar-refractivity contribution in [2.45, 2.75) is 25.8 Å². The van der Waals surface area contributed by atoms with Gasteiger partial charge in [0.1, 0.15) is 5.52 Å². The highest BCUT2D eigenvalue weighted by Crippen LogP contribution is 2.31. The molecule has 1 aliphatic carbocycles. The lowest BCUT2D eigenvalue weighted by Gasteiger charge is -2.34. The van der Waals surface area contributed by atoms with Crippen LogP contribution in [-0.4, -0.2) is 16.0 Å². The van der Waals surface area contributed by atoms with Gasteiger partial charge in [0.2, 0.25) is 0 Å². The first kappa shape index (κ1) is 11.0. The van der Waals surface area contributed by atoms with E-state index in [4.69, 9.17) is 0 Å². The van der Waals surface area contributed by atoms with E-state index in [1.54, 1.807) is 0 Å². The predicted molar refractivity (Wildman–Crippen MR) is 73.0 cm³/mol. The van der Waals surface area contributed by atoms with Gasteiger partial charge in [0.15, 0.2) is 0 Å². The maximum absolute atomic E-state index is 4.44. The Morgan fingerprint density at radius 1 is 1.35 bits per heavy atom. The highest BCUT2D eigenvalue weighted by molar-refractivity contribution is 9.10. The van der Waals surface area contributed by atoms with E-state index in [-0.39, 0.29) is 0 Å². The molecule has 1 aliphatic rings. The van der Waals surface area contributed by atoms with Crippen molar-refractivity contribution in [3.05, 3.63) is 29.0 Å². The molecular weight excluding hydrogens is 278 g/mol. The molecule has 0 spiro atoms. The van der Waals surface area contributed by atoms with Gasteiger partial charge in [0.25, 0.3) is 0 Å². The lowest BCUT2D eigenvalue weighted by molar-refractivity contribution is 0.309. The Hall–Kier alpha value is -1.16. The van der Waals surface area contributed by atoms with Crippen LogP contribution in [0.5, 0.6) is 0 Å². The first-order valence-corrected chi connectivity index (χ1v) is 6.68. The summed E-state index contributed by atoms with van der Waals surface area (Å²) in [4.78, 5) is 8.78. The average molecular weight is 292 g/mol. The third-order valence-corrected chi connectivity index (χ3v) is 3.71. The van der Waals surface area contributed by atoms with Crippen LogP contribution in [0.25, 0.3) is 11.0 Å². The molecule has 0 bridgehead atoms. The fourth-order valence-corrected chi connectivity index (χ4v) is 2.68. The topological polar surface area (TPSA) is 37.8 Å². The Bertz CT molecular complexity index is 549. The Morgan fingerprint density at radius 3 is 2.94 bits per heavy atom. The zero-order valence-corrected chi connectivity index (χ0v) is 11.2. The summed E-state index contributed by atoms with van der Waals surface area (Å²) in [6.07, 6.45) is 6.15. The minimum absolute atomic E-state index is 0.598. The lowest BCUT2D eigenvalue weighted by Crippen LogP contribution is -2.33. The van der Waals surface area contributed by atoms with Crippen LogP contribution in [-0.2, 0) is 0 Å². The first-order valence-electron chi connectivity index (χ1n) is 5.89. The molecule has 2 aromatic rings. The molecule has 17 heavy (non-hydrogen) atoms. The number of aromatic nitrogens is 2. The third-order valence-electron chi connectivity index (χ3n) is 3.28. The van der Waals surface area contributed by atoms with Crippen molar-refractivity contribution in [1.29, 1.82) is 0 Å². The van der Waals surface area contributed by atoms with Gasteiger partial charge in [-0.05, 0) is 46.8 Å². The third kappa shape index (κ3) is 2.14. The van der Waals surface area contributed by atoms with Gasteiger partial charge in [-0.15, -0.1) is 0 Å². The maximum atomic E-state index is 4.44. The molecule has 0 aromatic carbocycles. The standard InChI is InChI=1S/C13H14BrN3/c1-8-4-10(5-8)17-11-2-3-15-12-6-9(14)7-16-13(11)12/h2-3,6-8,10H,4-5H2,1H3,(H,15,17). The number of hydrogen-bond acceptors (Lipinski definition) is 3. The SMILES string of the molecule is CC1CC(Nc2ccnc3cc(Br)cnc23)C1. The van der Waals surface area contributed by atoms with Crippen LogP contribution in [0.3, 0.4) is 0 Å². The van der Waals surface area contributed by atoms with E-state index in [2.05, 4.69) is 38.1 Å². The summed E-state index contributed by atoms with van der Waals surface area (Å²) in [6, 6.07) is 4.60. The second kappa shape index (κ2) is 4.26.